The summed E-state index contributed by atoms with van der Waals surface area (Å²) in [4.78, 5) is 2.39. The lowest BCUT2D eigenvalue weighted by atomic mass is 10.0. The number of anilines is 1. The molecule has 0 radical (unpaired) electrons. The Balaban J connectivity index is 1.62. The van der Waals surface area contributed by atoms with Crippen molar-refractivity contribution in [3.05, 3.63) is 59.7 Å². The fraction of sp³-hybridized carbons (Fsp3) is 0.368. The van der Waals surface area contributed by atoms with Crippen molar-refractivity contribution < 1.29 is 9.84 Å². The molecule has 1 atom stereocenters. The van der Waals surface area contributed by atoms with E-state index in [2.05, 4.69) is 29.2 Å². The lowest BCUT2D eigenvalue weighted by molar-refractivity contribution is 0.169. The number of fused-ring (bicyclic) bond motifs is 1. The molecule has 1 aliphatic heterocycles. The zero-order valence-corrected chi connectivity index (χ0v) is 13.0. The van der Waals surface area contributed by atoms with Crippen molar-refractivity contribution in [2.45, 2.75) is 25.4 Å². The predicted molar refractivity (Wildman–Crippen MR) is 89.5 cm³/mol. The van der Waals surface area contributed by atoms with Crippen LogP contribution in [-0.2, 0) is 6.42 Å². The molecule has 0 saturated heterocycles. The Bertz CT molecular complexity index is 609. The number of rotatable bonds is 5. The number of aryl methyl sites for hydroxylation is 1. The van der Waals surface area contributed by atoms with Gasteiger partial charge in [0.2, 0.25) is 0 Å². The normalized spacial score (nSPS) is 15.3. The number of methoxy groups -OCH3 is 1. The molecule has 1 heterocycles. The molecule has 0 fully saturated rings. The molecule has 0 saturated carbocycles. The second-order valence-electron chi connectivity index (χ2n) is 5.80. The standard InChI is InChI=1S/C19H23NO2/c1-22-17-10-8-16(9-11-17)19(21)12-14-20-13-4-6-15-5-2-3-7-18(15)20/h2-3,5,7-11,19,21H,4,6,12-14H2,1H3. The van der Waals surface area contributed by atoms with Crippen molar-refractivity contribution in [1.82, 2.24) is 0 Å². The molecular formula is C19H23NO2. The van der Waals surface area contributed by atoms with Crippen molar-refractivity contribution in [3.8, 4) is 5.75 Å². The van der Waals surface area contributed by atoms with E-state index in [1.54, 1.807) is 7.11 Å². The molecule has 0 spiro atoms. The first-order valence-corrected chi connectivity index (χ1v) is 7.93. The summed E-state index contributed by atoms with van der Waals surface area (Å²) in [6.45, 7) is 1.95. The summed E-state index contributed by atoms with van der Waals surface area (Å²) >= 11 is 0. The minimum Gasteiger partial charge on any atom is -0.497 e. The van der Waals surface area contributed by atoms with Gasteiger partial charge >= 0.3 is 0 Å². The molecule has 116 valence electrons. The van der Waals surface area contributed by atoms with Crippen LogP contribution < -0.4 is 9.64 Å². The molecule has 3 rings (SSSR count). The van der Waals surface area contributed by atoms with Crippen molar-refractivity contribution in [2.24, 2.45) is 0 Å². The maximum atomic E-state index is 10.4. The minimum absolute atomic E-state index is 0.431. The van der Waals surface area contributed by atoms with E-state index in [0.29, 0.717) is 0 Å². The highest BCUT2D eigenvalue weighted by atomic mass is 16.5. The van der Waals surface area contributed by atoms with Gasteiger partial charge in [0.05, 0.1) is 13.2 Å². The third-order valence-electron chi connectivity index (χ3n) is 4.38. The predicted octanol–water partition coefficient (Wildman–Crippen LogP) is 3.57. The van der Waals surface area contributed by atoms with Crippen LogP contribution >= 0.6 is 0 Å². The van der Waals surface area contributed by atoms with Crippen molar-refractivity contribution in [1.29, 1.82) is 0 Å². The Morgan fingerprint density at radius 2 is 1.91 bits per heavy atom. The van der Waals surface area contributed by atoms with Crippen LogP contribution in [0.2, 0.25) is 0 Å². The lowest BCUT2D eigenvalue weighted by Crippen LogP contribution is -2.31. The van der Waals surface area contributed by atoms with Gasteiger partial charge in [-0.1, -0.05) is 30.3 Å². The number of aliphatic hydroxyl groups excluding tert-OH is 1. The third-order valence-corrected chi connectivity index (χ3v) is 4.38. The van der Waals surface area contributed by atoms with Crippen molar-refractivity contribution in [3.63, 3.8) is 0 Å². The van der Waals surface area contributed by atoms with Crippen molar-refractivity contribution in [2.75, 3.05) is 25.1 Å². The number of hydrogen-bond acceptors (Lipinski definition) is 3. The lowest BCUT2D eigenvalue weighted by Gasteiger charge is -2.32. The largest absolute Gasteiger partial charge is 0.497 e. The maximum absolute atomic E-state index is 10.4. The summed E-state index contributed by atoms with van der Waals surface area (Å²) in [6, 6.07) is 16.3. The van der Waals surface area contributed by atoms with E-state index in [4.69, 9.17) is 4.74 Å². The highest BCUT2D eigenvalue weighted by Gasteiger charge is 2.17. The van der Waals surface area contributed by atoms with Gasteiger partial charge in [-0.05, 0) is 48.6 Å². The molecule has 0 aromatic heterocycles. The van der Waals surface area contributed by atoms with E-state index < -0.39 is 6.10 Å². The Kier molecular flexibility index (Phi) is 4.64. The van der Waals surface area contributed by atoms with Crippen molar-refractivity contribution >= 4 is 5.69 Å². The number of hydrogen-bond donors (Lipinski definition) is 1. The van der Waals surface area contributed by atoms with Gasteiger partial charge in [0, 0.05) is 18.8 Å². The summed E-state index contributed by atoms with van der Waals surface area (Å²) in [6.07, 6.45) is 2.66. The number of para-hydroxylation sites is 1. The summed E-state index contributed by atoms with van der Waals surface area (Å²) in [5, 5.41) is 10.4. The van der Waals surface area contributed by atoms with E-state index in [-0.39, 0.29) is 0 Å². The van der Waals surface area contributed by atoms with E-state index in [1.165, 1.54) is 17.7 Å². The van der Waals surface area contributed by atoms with Gasteiger partial charge in [-0.2, -0.15) is 0 Å². The van der Waals surface area contributed by atoms with Gasteiger partial charge in [0.1, 0.15) is 5.75 Å². The molecule has 0 aliphatic carbocycles. The van der Waals surface area contributed by atoms with Crippen LogP contribution in [0.1, 0.15) is 30.1 Å². The molecule has 22 heavy (non-hydrogen) atoms. The number of ether oxygens (including phenoxy) is 1. The Labute approximate surface area is 132 Å². The number of benzene rings is 2. The monoisotopic (exact) mass is 297 g/mol. The molecule has 3 heteroatoms. The van der Waals surface area contributed by atoms with Gasteiger partial charge in [-0.3, -0.25) is 0 Å². The van der Waals surface area contributed by atoms with Gasteiger partial charge in [0.25, 0.3) is 0 Å². The Morgan fingerprint density at radius 3 is 2.68 bits per heavy atom. The highest BCUT2D eigenvalue weighted by molar-refractivity contribution is 5.55. The van der Waals surface area contributed by atoms with E-state index >= 15 is 0 Å². The molecule has 1 aliphatic rings. The van der Waals surface area contributed by atoms with Crippen LogP contribution in [0.4, 0.5) is 5.69 Å². The molecular weight excluding hydrogens is 274 g/mol. The first-order valence-electron chi connectivity index (χ1n) is 7.93. The Hall–Kier alpha value is -2.00. The van der Waals surface area contributed by atoms with Crippen LogP contribution in [0.15, 0.2) is 48.5 Å². The van der Waals surface area contributed by atoms with Crippen LogP contribution in [0, 0.1) is 0 Å². The average Bonchev–Trinajstić information content (AvgIpc) is 2.59. The molecule has 0 bridgehead atoms. The van der Waals surface area contributed by atoms with E-state index in [1.807, 2.05) is 24.3 Å². The maximum Gasteiger partial charge on any atom is 0.118 e. The fourth-order valence-electron chi connectivity index (χ4n) is 3.11. The Morgan fingerprint density at radius 1 is 1.14 bits per heavy atom. The van der Waals surface area contributed by atoms with Crippen LogP contribution in [-0.4, -0.2) is 25.3 Å². The fourth-order valence-corrected chi connectivity index (χ4v) is 3.11. The zero-order chi connectivity index (χ0) is 15.4. The van der Waals surface area contributed by atoms with Gasteiger partial charge in [0.15, 0.2) is 0 Å². The summed E-state index contributed by atoms with van der Waals surface area (Å²) in [7, 11) is 1.65. The summed E-state index contributed by atoms with van der Waals surface area (Å²) < 4.78 is 5.15. The molecule has 0 amide bonds. The minimum atomic E-state index is -0.431. The first kappa shape index (κ1) is 14.9. The third kappa shape index (κ3) is 3.25. The molecule has 1 N–H and O–H groups in total. The first-order chi connectivity index (χ1) is 10.8. The quantitative estimate of drug-likeness (QED) is 0.915. The molecule has 3 nitrogen and oxygen atoms in total. The van der Waals surface area contributed by atoms with E-state index in [9.17, 15) is 5.11 Å². The topological polar surface area (TPSA) is 32.7 Å². The molecule has 2 aromatic carbocycles. The van der Waals surface area contributed by atoms with Crippen LogP contribution in [0.3, 0.4) is 0 Å². The molecule has 1 unspecified atom stereocenters. The number of aliphatic hydroxyl groups is 1. The van der Waals surface area contributed by atoms with Crippen LogP contribution in [0.5, 0.6) is 5.75 Å². The zero-order valence-electron chi connectivity index (χ0n) is 13.0. The van der Waals surface area contributed by atoms with Gasteiger partial charge in [-0.25, -0.2) is 0 Å². The highest BCUT2D eigenvalue weighted by Crippen LogP contribution is 2.28. The SMILES string of the molecule is COc1ccc(C(O)CCN2CCCc3ccccc32)cc1. The molecule has 2 aromatic rings. The number of nitrogens with zero attached hydrogens (tertiary/aromatic N) is 1. The smallest absolute Gasteiger partial charge is 0.118 e. The van der Waals surface area contributed by atoms with Gasteiger partial charge in [-0.15, -0.1) is 0 Å². The second-order valence-corrected chi connectivity index (χ2v) is 5.80. The van der Waals surface area contributed by atoms with E-state index in [0.717, 1.165) is 37.2 Å². The van der Waals surface area contributed by atoms with Crippen LogP contribution in [0.25, 0.3) is 0 Å². The summed E-state index contributed by atoms with van der Waals surface area (Å²) in [5.41, 5.74) is 3.70. The second kappa shape index (κ2) is 6.84. The summed E-state index contributed by atoms with van der Waals surface area (Å²) in [5.74, 6) is 0.820. The average molecular weight is 297 g/mol. The van der Waals surface area contributed by atoms with Gasteiger partial charge < -0.3 is 14.7 Å².